The molecule has 1 atom stereocenters. The molecule has 0 aromatic heterocycles. The van der Waals surface area contributed by atoms with Gasteiger partial charge in [-0.2, -0.15) is 0 Å². The molecule has 2 fully saturated rings. The number of amides is 3. The van der Waals surface area contributed by atoms with Crippen LogP contribution in [0.3, 0.4) is 0 Å². The van der Waals surface area contributed by atoms with E-state index in [0.717, 1.165) is 24.2 Å². The van der Waals surface area contributed by atoms with Crippen molar-refractivity contribution < 1.29 is 14.4 Å². The average Bonchev–Trinajstić information content (AvgIpc) is 3.19. The highest BCUT2D eigenvalue weighted by Gasteiger charge is 2.39. The highest BCUT2D eigenvalue weighted by Crippen LogP contribution is 2.35. The normalized spacial score (nSPS) is 19.8. The van der Waals surface area contributed by atoms with Gasteiger partial charge in [0.1, 0.15) is 6.04 Å². The van der Waals surface area contributed by atoms with Crippen LogP contribution in [0.15, 0.2) is 84.4 Å². The van der Waals surface area contributed by atoms with Gasteiger partial charge in [0.25, 0.3) is 5.91 Å². The zero-order chi connectivity index (χ0) is 24.6. The van der Waals surface area contributed by atoms with E-state index in [-0.39, 0.29) is 30.2 Å². The highest BCUT2D eigenvalue weighted by atomic mass is 16.2. The Bertz CT molecular complexity index is 1320. The molecule has 6 nitrogen and oxygen atoms in total. The number of rotatable bonds is 5. The molecule has 0 saturated carbocycles. The van der Waals surface area contributed by atoms with Crippen LogP contribution in [-0.4, -0.2) is 46.7 Å². The third-order valence-electron chi connectivity index (χ3n) is 7.33. The minimum atomic E-state index is -0.586. The maximum absolute atomic E-state index is 13.0. The van der Waals surface area contributed by atoms with Crippen LogP contribution < -0.4 is 5.32 Å². The minimum Gasteiger partial charge on any atom is -0.322 e. The molecule has 0 spiro atoms. The molecule has 3 aromatic carbocycles. The van der Waals surface area contributed by atoms with Gasteiger partial charge in [0.15, 0.2) is 0 Å². The van der Waals surface area contributed by atoms with Gasteiger partial charge >= 0.3 is 0 Å². The third kappa shape index (κ3) is 4.14. The number of piperidine rings is 1. The smallest absolute Gasteiger partial charge is 0.255 e. The standard InChI is InChI=1S/C30H27N3O3/c34-27-14-13-26(29(35)31-27)33-19-24-16-20(11-12-25(24)30(33)36)15-21-17-32(18-21)28(22-7-3-1-4-8-22)23-9-5-2-6-10-23/h1-12,15-16,26,28H,13-14,17-19H2,(H,31,34,35). The zero-order valence-corrected chi connectivity index (χ0v) is 19.9. The molecule has 0 aliphatic carbocycles. The van der Waals surface area contributed by atoms with E-state index in [1.807, 2.05) is 24.3 Å². The van der Waals surface area contributed by atoms with Crippen LogP contribution in [-0.2, 0) is 16.1 Å². The zero-order valence-electron chi connectivity index (χ0n) is 19.9. The predicted molar refractivity (Wildman–Crippen MR) is 137 cm³/mol. The Hall–Kier alpha value is -4.03. The first-order valence-electron chi connectivity index (χ1n) is 12.4. The fourth-order valence-electron chi connectivity index (χ4n) is 5.55. The van der Waals surface area contributed by atoms with Gasteiger partial charge in [0.05, 0.1) is 6.04 Å². The summed E-state index contributed by atoms with van der Waals surface area (Å²) in [6.07, 6.45) is 2.85. The summed E-state index contributed by atoms with van der Waals surface area (Å²) in [4.78, 5) is 40.8. The second kappa shape index (κ2) is 9.21. The number of carbonyl (C=O) groups excluding carboxylic acids is 3. The molecule has 0 radical (unpaired) electrons. The van der Waals surface area contributed by atoms with Crippen LogP contribution in [0.4, 0.5) is 0 Å². The molecule has 3 aromatic rings. The van der Waals surface area contributed by atoms with Crippen LogP contribution >= 0.6 is 0 Å². The first kappa shape index (κ1) is 22.4. The van der Waals surface area contributed by atoms with Crippen LogP contribution in [0.5, 0.6) is 0 Å². The predicted octanol–water partition coefficient (Wildman–Crippen LogP) is 3.94. The van der Waals surface area contributed by atoms with E-state index < -0.39 is 6.04 Å². The maximum Gasteiger partial charge on any atom is 0.255 e. The fourth-order valence-corrected chi connectivity index (χ4v) is 5.55. The molecule has 3 aliphatic rings. The number of hydrogen-bond donors (Lipinski definition) is 1. The van der Waals surface area contributed by atoms with Gasteiger partial charge in [-0.05, 0) is 46.4 Å². The molecule has 6 heteroatoms. The Labute approximate surface area is 210 Å². The van der Waals surface area contributed by atoms with E-state index in [1.165, 1.54) is 16.7 Å². The summed E-state index contributed by atoms with van der Waals surface area (Å²) in [6, 6.07) is 26.7. The average molecular weight is 478 g/mol. The number of benzene rings is 3. The molecule has 36 heavy (non-hydrogen) atoms. The lowest BCUT2D eigenvalue weighted by Gasteiger charge is -2.41. The van der Waals surface area contributed by atoms with Crippen LogP contribution in [0.1, 0.15) is 51.5 Å². The monoisotopic (exact) mass is 477 g/mol. The van der Waals surface area contributed by atoms with Gasteiger partial charge in [-0.15, -0.1) is 0 Å². The summed E-state index contributed by atoms with van der Waals surface area (Å²) in [5.41, 5.74) is 6.56. The first-order chi connectivity index (χ1) is 17.6. The third-order valence-corrected chi connectivity index (χ3v) is 7.33. The summed E-state index contributed by atoms with van der Waals surface area (Å²) < 4.78 is 0. The van der Waals surface area contributed by atoms with Crippen molar-refractivity contribution >= 4 is 23.8 Å². The number of nitrogens with one attached hydrogen (secondary N) is 1. The maximum atomic E-state index is 13.0. The van der Waals surface area contributed by atoms with Crippen molar-refractivity contribution in [3.8, 4) is 0 Å². The van der Waals surface area contributed by atoms with E-state index in [4.69, 9.17) is 0 Å². The molecule has 3 amide bonds. The van der Waals surface area contributed by atoms with Gasteiger partial charge in [0, 0.05) is 31.6 Å². The molecule has 3 aliphatic heterocycles. The molecular weight excluding hydrogens is 450 g/mol. The van der Waals surface area contributed by atoms with Crippen molar-refractivity contribution in [1.29, 1.82) is 0 Å². The molecule has 0 bridgehead atoms. The van der Waals surface area contributed by atoms with Gasteiger partial charge < -0.3 is 4.90 Å². The topological polar surface area (TPSA) is 69.7 Å². The van der Waals surface area contributed by atoms with Crippen LogP contribution in [0, 0.1) is 0 Å². The van der Waals surface area contributed by atoms with Gasteiger partial charge in [-0.1, -0.05) is 72.8 Å². The van der Waals surface area contributed by atoms with Crippen molar-refractivity contribution in [2.75, 3.05) is 13.1 Å². The SMILES string of the molecule is O=C1CCC(N2Cc3cc(C=C4CN(C(c5ccccc5)c5ccccc5)C4)ccc3C2=O)C(=O)N1. The van der Waals surface area contributed by atoms with Crippen molar-refractivity contribution in [3.63, 3.8) is 0 Å². The van der Waals surface area contributed by atoms with E-state index in [2.05, 4.69) is 70.9 Å². The number of likely N-dealkylation sites (tertiary alicyclic amines) is 1. The number of hydrogen-bond acceptors (Lipinski definition) is 4. The van der Waals surface area contributed by atoms with E-state index in [9.17, 15) is 14.4 Å². The highest BCUT2D eigenvalue weighted by molar-refractivity contribution is 6.05. The Morgan fingerprint density at radius 1 is 0.833 bits per heavy atom. The largest absolute Gasteiger partial charge is 0.322 e. The Morgan fingerprint density at radius 3 is 2.14 bits per heavy atom. The van der Waals surface area contributed by atoms with E-state index >= 15 is 0 Å². The molecule has 2 saturated heterocycles. The molecular formula is C30H27N3O3. The number of imide groups is 1. The Kier molecular flexibility index (Phi) is 5.74. The van der Waals surface area contributed by atoms with Crippen molar-refractivity contribution in [1.82, 2.24) is 15.1 Å². The molecule has 6 rings (SSSR count). The van der Waals surface area contributed by atoms with Gasteiger partial charge in [-0.3, -0.25) is 24.6 Å². The summed E-state index contributed by atoms with van der Waals surface area (Å²) in [5.74, 6) is -0.789. The second-order valence-electron chi connectivity index (χ2n) is 9.75. The first-order valence-corrected chi connectivity index (χ1v) is 12.4. The summed E-state index contributed by atoms with van der Waals surface area (Å²) in [5, 5.41) is 2.36. The van der Waals surface area contributed by atoms with Crippen molar-refractivity contribution in [3.05, 3.63) is 112 Å². The van der Waals surface area contributed by atoms with E-state index in [0.29, 0.717) is 18.5 Å². The fraction of sp³-hybridized carbons (Fsp3) is 0.233. The lowest BCUT2D eigenvalue weighted by molar-refractivity contribution is -0.136. The lowest BCUT2D eigenvalue weighted by atomic mass is 9.92. The quantitative estimate of drug-likeness (QED) is 0.566. The number of carbonyl (C=O) groups is 3. The lowest BCUT2D eigenvalue weighted by Crippen LogP contribution is -2.52. The summed E-state index contributed by atoms with van der Waals surface area (Å²) >= 11 is 0. The molecule has 180 valence electrons. The van der Waals surface area contributed by atoms with Crippen LogP contribution in [0.2, 0.25) is 0 Å². The van der Waals surface area contributed by atoms with Gasteiger partial charge in [0.2, 0.25) is 11.8 Å². The molecule has 3 heterocycles. The Balaban J connectivity index is 1.18. The number of nitrogens with zero attached hydrogens (tertiary/aromatic N) is 2. The molecule has 1 unspecified atom stereocenters. The second-order valence-corrected chi connectivity index (χ2v) is 9.75. The van der Waals surface area contributed by atoms with Crippen molar-refractivity contribution in [2.24, 2.45) is 0 Å². The van der Waals surface area contributed by atoms with Gasteiger partial charge in [-0.25, -0.2) is 0 Å². The summed E-state index contributed by atoms with van der Waals surface area (Å²) in [7, 11) is 0. The van der Waals surface area contributed by atoms with E-state index in [1.54, 1.807) is 4.90 Å². The summed E-state index contributed by atoms with van der Waals surface area (Å²) in [6.45, 7) is 2.16. The van der Waals surface area contributed by atoms with Crippen molar-refractivity contribution in [2.45, 2.75) is 31.5 Å². The Morgan fingerprint density at radius 2 is 1.50 bits per heavy atom. The molecule has 1 N–H and O–H groups in total. The van der Waals surface area contributed by atoms with Crippen LogP contribution in [0.25, 0.3) is 6.08 Å². The number of fused-ring (bicyclic) bond motifs is 1. The minimum absolute atomic E-state index is 0.137.